The molecule has 0 atom stereocenters. The first-order valence-electron chi connectivity index (χ1n) is 8.76. The maximum atomic E-state index is 12.1. The molecule has 3 rings (SSSR count). The predicted octanol–water partition coefficient (Wildman–Crippen LogP) is 1.03. The van der Waals surface area contributed by atoms with Crippen molar-refractivity contribution in [2.45, 2.75) is 0 Å². The number of ether oxygens (including phenoxy) is 1. The fourth-order valence-electron chi connectivity index (χ4n) is 2.33. The number of carbonyl (C=O) groups is 3. The van der Waals surface area contributed by atoms with Crippen molar-refractivity contribution in [2.24, 2.45) is 0 Å². The number of amides is 3. The van der Waals surface area contributed by atoms with E-state index in [1.165, 1.54) is 0 Å². The van der Waals surface area contributed by atoms with E-state index in [0.29, 0.717) is 11.4 Å². The Kier molecular flexibility index (Phi) is 6.56. The molecule has 1 aromatic heterocycles. The van der Waals surface area contributed by atoms with Crippen LogP contribution >= 0.6 is 0 Å². The van der Waals surface area contributed by atoms with Gasteiger partial charge in [-0.3, -0.25) is 30.3 Å². The SMILES string of the molecule is O=C(COc1ccccc1)NCC(=O)NNC(=O)c1cc(-c2ccccc2)n[nH]1. The minimum Gasteiger partial charge on any atom is -0.484 e. The summed E-state index contributed by atoms with van der Waals surface area (Å²) in [5, 5.41) is 9.08. The molecule has 0 aliphatic heterocycles. The highest BCUT2D eigenvalue weighted by atomic mass is 16.5. The molecule has 9 nitrogen and oxygen atoms in total. The zero-order valence-corrected chi connectivity index (χ0v) is 15.3. The molecule has 0 saturated heterocycles. The lowest BCUT2D eigenvalue weighted by Crippen LogP contribution is -2.47. The van der Waals surface area contributed by atoms with Crippen molar-refractivity contribution in [2.75, 3.05) is 13.2 Å². The van der Waals surface area contributed by atoms with Crippen LogP contribution in [0.25, 0.3) is 11.3 Å². The van der Waals surface area contributed by atoms with Crippen molar-refractivity contribution in [3.63, 3.8) is 0 Å². The zero-order valence-electron chi connectivity index (χ0n) is 15.3. The summed E-state index contributed by atoms with van der Waals surface area (Å²) in [6.45, 7) is -0.532. The molecule has 3 amide bonds. The Balaban J connectivity index is 1.38. The number of nitrogens with zero attached hydrogens (tertiary/aromatic N) is 1. The van der Waals surface area contributed by atoms with Gasteiger partial charge in [0.1, 0.15) is 11.4 Å². The number of para-hydroxylation sites is 1. The number of nitrogens with one attached hydrogen (secondary N) is 4. The van der Waals surface area contributed by atoms with Gasteiger partial charge in [-0.05, 0) is 18.2 Å². The van der Waals surface area contributed by atoms with Gasteiger partial charge in [-0.1, -0.05) is 48.5 Å². The Bertz CT molecular complexity index is 973. The summed E-state index contributed by atoms with van der Waals surface area (Å²) >= 11 is 0. The Hall–Kier alpha value is -4.14. The molecule has 0 bridgehead atoms. The molecular weight excluding hydrogens is 374 g/mol. The van der Waals surface area contributed by atoms with Gasteiger partial charge in [0.2, 0.25) is 0 Å². The van der Waals surface area contributed by atoms with E-state index >= 15 is 0 Å². The molecular formula is C20H19N5O4. The average molecular weight is 393 g/mol. The van der Waals surface area contributed by atoms with Crippen LogP contribution in [0.2, 0.25) is 0 Å². The van der Waals surface area contributed by atoms with Gasteiger partial charge in [-0.25, -0.2) is 0 Å². The third kappa shape index (κ3) is 5.93. The summed E-state index contributed by atoms with van der Waals surface area (Å²) in [6, 6.07) is 19.7. The topological polar surface area (TPSA) is 125 Å². The van der Waals surface area contributed by atoms with E-state index in [0.717, 1.165) is 5.56 Å². The molecule has 0 saturated carbocycles. The van der Waals surface area contributed by atoms with Crippen LogP contribution in [0.5, 0.6) is 5.75 Å². The van der Waals surface area contributed by atoms with Crippen LogP contribution in [0.1, 0.15) is 10.5 Å². The second kappa shape index (κ2) is 9.70. The number of aromatic amines is 1. The number of hydrogen-bond acceptors (Lipinski definition) is 5. The minimum atomic E-state index is -0.589. The van der Waals surface area contributed by atoms with Crippen molar-refractivity contribution < 1.29 is 19.1 Å². The molecule has 4 N–H and O–H groups in total. The van der Waals surface area contributed by atoms with Gasteiger partial charge < -0.3 is 10.1 Å². The van der Waals surface area contributed by atoms with Crippen LogP contribution in [-0.4, -0.2) is 41.1 Å². The van der Waals surface area contributed by atoms with Crippen molar-refractivity contribution >= 4 is 17.7 Å². The van der Waals surface area contributed by atoms with Gasteiger partial charge in [0, 0.05) is 5.56 Å². The predicted molar refractivity (Wildman–Crippen MR) is 105 cm³/mol. The molecule has 0 aliphatic carbocycles. The van der Waals surface area contributed by atoms with E-state index in [1.54, 1.807) is 30.3 Å². The zero-order chi connectivity index (χ0) is 20.5. The summed E-state index contributed by atoms with van der Waals surface area (Å²) < 4.78 is 5.27. The van der Waals surface area contributed by atoms with Crippen LogP contribution in [-0.2, 0) is 9.59 Å². The van der Waals surface area contributed by atoms with Gasteiger partial charge in [-0.2, -0.15) is 5.10 Å². The lowest BCUT2D eigenvalue weighted by Gasteiger charge is -2.08. The van der Waals surface area contributed by atoms with Crippen molar-refractivity contribution in [3.05, 3.63) is 72.4 Å². The first-order chi connectivity index (χ1) is 14.1. The number of carbonyl (C=O) groups excluding carboxylic acids is 3. The molecule has 0 spiro atoms. The average Bonchev–Trinajstić information content (AvgIpc) is 3.26. The highest BCUT2D eigenvalue weighted by molar-refractivity contribution is 5.95. The molecule has 2 aromatic carbocycles. The summed E-state index contributed by atoms with van der Waals surface area (Å²) in [7, 11) is 0. The Morgan fingerprint density at radius 3 is 2.31 bits per heavy atom. The highest BCUT2D eigenvalue weighted by Crippen LogP contribution is 2.16. The van der Waals surface area contributed by atoms with Crippen LogP contribution in [0.15, 0.2) is 66.7 Å². The summed E-state index contributed by atoms with van der Waals surface area (Å²) in [5.41, 5.74) is 6.11. The van der Waals surface area contributed by atoms with E-state index in [4.69, 9.17) is 4.74 Å². The Morgan fingerprint density at radius 2 is 1.59 bits per heavy atom. The van der Waals surface area contributed by atoms with Crippen LogP contribution < -0.4 is 20.9 Å². The van der Waals surface area contributed by atoms with Gasteiger partial charge in [-0.15, -0.1) is 0 Å². The van der Waals surface area contributed by atoms with Gasteiger partial charge in [0.05, 0.1) is 12.2 Å². The molecule has 1 heterocycles. The molecule has 9 heteroatoms. The fourth-order valence-corrected chi connectivity index (χ4v) is 2.33. The van der Waals surface area contributed by atoms with Crippen LogP contribution in [0.4, 0.5) is 0 Å². The number of aromatic nitrogens is 2. The molecule has 29 heavy (non-hydrogen) atoms. The number of benzene rings is 2. The second-order valence-corrected chi connectivity index (χ2v) is 5.91. The smallest absolute Gasteiger partial charge is 0.287 e. The van der Waals surface area contributed by atoms with Crippen LogP contribution in [0, 0.1) is 0 Å². The summed E-state index contributed by atoms with van der Waals surface area (Å²) in [4.78, 5) is 35.6. The van der Waals surface area contributed by atoms with E-state index in [1.807, 2.05) is 36.4 Å². The van der Waals surface area contributed by atoms with Crippen molar-refractivity contribution in [1.82, 2.24) is 26.4 Å². The van der Waals surface area contributed by atoms with Crippen LogP contribution in [0.3, 0.4) is 0 Å². The normalized spacial score (nSPS) is 10.1. The maximum Gasteiger partial charge on any atom is 0.287 e. The first-order valence-corrected chi connectivity index (χ1v) is 8.76. The van der Waals surface area contributed by atoms with Gasteiger partial charge in [0.15, 0.2) is 6.61 Å². The molecule has 0 unspecified atom stereocenters. The first kappa shape index (κ1) is 19.6. The van der Waals surface area contributed by atoms with Crippen molar-refractivity contribution in [3.8, 4) is 17.0 Å². The third-order valence-electron chi connectivity index (χ3n) is 3.77. The van der Waals surface area contributed by atoms with E-state index in [-0.39, 0.29) is 18.8 Å². The highest BCUT2D eigenvalue weighted by Gasteiger charge is 2.12. The van der Waals surface area contributed by atoms with E-state index in [9.17, 15) is 14.4 Å². The minimum absolute atomic E-state index is 0.185. The molecule has 0 fully saturated rings. The number of rotatable bonds is 7. The Labute approximate surface area is 166 Å². The number of H-pyrrole nitrogens is 1. The van der Waals surface area contributed by atoms with Gasteiger partial charge in [0.25, 0.3) is 17.7 Å². The van der Waals surface area contributed by atoms with E-state index < -0.39 is 17.7 Å². The lowest BCUT2D eigenvalue weighted by molar-refractivity contribution is -0.127. The molecule has 0 radical (unpaired) electrons. The second-order valence-electron chi connectivity index (χ2n) is 5.91. The van der Waals surface area contributed by atoms with E-state index in [2.05, 4.69) is 26.4 Å². The largest absolute Gasteiger partial charge is 0.484 e. The third-order valence-corrected chi connectivity index (χ3v) is 3.77. The molecule has 0 aliphatic rings. The Morgan fingerprint density at radius 1 is 0.897 bits per heavy atom. The van der Waals surface area contributed by atoms with Crippen molar-refractivity contribution in [1.29, 1.82) is 0 Å². The standard InChI is InChI=1S/C20H19N5O4/c26-18(12-21-19(27)13-29-15-9-5-2-6-10-15)24-25-20(28)17-11-16(22-23-17)14-7-3-1-4-8-14/h1-11H,12-13H2,(H,21,27)(H,22,23)(H,24,26)(H,25,28). The number of hydrogen-bond donors (Lipinski definition) is 4. The summed E-state index contributed by atoms with van der Waals surface area (Å²) in [5.74, 6) is -1.06. The monoisotopic (exact) mass is 393 g/mol. The maximum absolute atomic E-state index is 12.1. The quantitative estimate of drug-likeness (QED) is 0.446. The summed E-state index contributed by atoms with van der Waals surface area (Å²) in [6.07, 6.45) is 0. The number of hydrazine groups is 1. The van der Waals surface area contributed by atoms with Gasteiger partial charge >= 0.3 is 0 Å². The lowest BCUT2D eigenvalue weighted by atomic mass is 10.1. The molecule has 148 valence electrons. The molecule has 3 aromatic rings. The fraction of sp³-hybridized carbons (Fsp3) is 0.100.